The third-order valence-corrected chi connectivity index (χ3v) is 3.48. The smallest absolute Gasteiger partial charge is 0.294 e. The first-order valence-electron chi connectivity index (χ1n) is 7.35. The number of aryl methyl sites for hydroxylation is 2. The van der Waals surface area contributed by atoms with Gasteiger partial charge in [0, 0.05) is 0 Å². The minimum atomic E-state index is -0.757. The predicted octanol–water partition coefficient (Wildman–Crippen LogP) is 1.26. The molecular formula is C16H15N5O4. The Morgan fingerprint density at radius 3 is 2.44 bits per heavy atom. The molecular weight excluding hydrogens is 326 g/mol. The van der Waals surface area contributed by atoms with Crippen LogP contribution in [0.2, 0.25) is 0 Å². The van der Waals surface area contributed by atoms with E-state index in [4.69, 9.17) is 4.52 Å². The van der Waals surface area contributed by atoms with Crippen LogP contribution in [0.5, 0.6) is 5.75 Å². The van der Waals surface area contributed by atoms with E-state index in [2.05, 4.69) is 21.1 Å². The molecule has 3 aromatic rings. The van der Waals surface area contributed by atoms with Crippen molar-refractivity contribution in [3.05, 3.63) is 59.2 Å². The Bertz CT molecular complexity index is 910. The number of aromatic hydroxyl groups is 1. The normalized spacial score (nSPS) is 10.5. The van der Waals surface area contributed by atoms with Crippen LogP contribution in [-0.2, 0) is 0 Å². The van der Waals surface area contributed by atoms with Gasteiger partial charge in [-0.25, -0.2) is 4.68 Å². The number of nitrogens with zero attached hydrogens (tertiary/aromatic N) is 3. The van der Waals surface area contributed by atoms with Crippen LogP contribution < -0.4 is 10.9 Å². The van der Waals surface area contributed by atoms with E-state index in [1.807, 2.05) is 6.07 Å². The average molecular weight is 341 g/mol. The van der Waals surface area contributed by atoms with Crippen molar-refractivity contribution in [2.75, 3.05) is 0 Å². The van der Waals surface area contributed by atoms with E-state index in [0.717, 1.165) is 0 Å². The molecule has 0 unspecified atom stereocenters. The lowest BCUT2D eigenvalue weighted by Gasteiger charge is -2.05. The summed E-state index contributed by atoms with van der Waals surface area (Å²) in [5, 5.41) is 17.6. The number of nitrogens with one attached hydrogen (secondary N) is 2. The van der Waals surface area contributed by atoms with E-state index in [1.165, 1.54) is 10.9 Å². The molecule has 3 rings (SSSR count). The number of benzene rings is 1. The second kappa shape index (κ2) is 6.48. The zero-order valence-electron chi connectivity index (χ0n) is 13.5. The number of rotatable bonds is 3. The van der Waals surface area contributed by atoms with Gasteiger partial charge in [-0.1, -0.05) is 23.4 Å². The van der Waals surface area contributed by atoms with E-state index in [1.54, 1.807) is 38.1 Å². The van der Waals surface area contributed by atoms with E-state index in [-0.39, 0.29) is 17.0 Å². The maximum atomic E-state index is 12.2. The van der Waals surface area contributed by atoms with Crippen molar-refractivity contribution in [3.63, 3.8) is 0 Å². The van der Waals surface area contributed by atoms with Crippen LogP contribution in [0.25, 0.3) is 5.69 Å². The van der Waals surface area contributed by atoms with Crippen molar-refractivity contribution in [2.24, 2.45) is 0 Å². The van der Waals surface area contributed by atoms with E-state index in [9.17, 15) is 14.7 Å². The highest BCUT2D eigenvalue weighted by atomic mass is 16.5. The van der Waals surface area contributed by atoms with E-state index in [0.29, 0.717) is 17.1 Å². The molecule has 0 saturated heterocycles. The molecule has 0 aliphatic carbocycles. The van der Waals surface area contributed by atoms with Gasteiger partial charge in [-0.05, 0) is 26.0 Å². The fourth-order valence-corrected chi connectivity index (χ4v) is 2.28. The van der Waals surface area contributed by atoms with Crippen LogP contribution in [0.15, 0.2) is 41.1 Å². The van der Waals surface area contributed by atoms with E-state index < -0.39 is 11.8 Å². The maximum absolute atomic E-state index is 12.2. The molecule has 0 radical (unpaired) electrons. The lowest BCUT2D eigenvalue weighted by molar-refractivity contribution is 0.0840. The third-order valence-electron chi connectivity index (χ3n) is 3.48. The number of hydrogen-bond acceptors (Lipinski definition) is 6. The monoisotopic (exact) mass is 341 g/mol. The first-order chi connectivity index (χ1) is 12.0. The van der Waals surface area contributed by atoms with Gasteiger partial charge in [0.2, 0.25) is 0 Å². The minimum Gasteiger partial charge on any atom is -0.504 e. The summed E-state index contributed by atoms with van der Waals surface area (Å²) in [5.41, 5.74) is 5.54. The number of amides is 2. The Morgan fingerprint density at radius 2 is 1.80 bits per heavy atom. The Kier molecular flexibility index (Phi) is 4.21. The number of hydrogen-bond donors (Lipinski definition) is 3. The number of para-hydroxylation sites is 1. The number of carbonyl (C=O) groups is 2. The summed E-state index contributed by atoms with van der Waals surface area (Å²) in [4.78, 5) is 24.2. The lowest BCUT2D eigenvalue weighted by Crippen LogP contribution is -2.42. The fourth-order valence-electron chi connectivity index (χ4n) is 2.28. The summed E-state index contributed by atoms with van der Waals surface area (Å²) >= 11 is 0. The fraction of sp³-hybridized carbons (Fsp3) is 0.125. The van der Waals surface area contributed by atoms with Gasteiger partial charge >= 0.3 is 0 Å². The number of aromatic nitrogens is 3. The summed E-state index contributed by atoms with van der Waals surface area (Å²) in [6.45, 7) is 3.20. The standard InChI is InChI=1S/C16H15N5O4/c1-9-13(10(2)25-20-9)15(23)17-18-16(24)14-12(22)8-21(19-14)11-6-4-3-5-7-11/h3-8,22H,1-2H3,(H,17,23)(H,18,24). The zero-order valence-corrected chi connectivity index (χ0v) is 13.5. The largest absolute Gasteiger partial charge is 0.504 e. The van der Waals surface area contributed by atoms with Gasteiger partial charge in [-0.15, -0.1) is 0 Å². The molecule has 0 aliphatic heterocycles. The van der Waals surface area contributed by atoms with Gasteiger partial charge in [0.15, 0.2) is 11.4 Å². The molecule has 3 N–H and O–H groups in total. The topological polar surface area (TPSA) is 122 Å². The molecule has 128 valence electrons. The van der Waals surface area contributed by atoms with Crippen molar-refractivity contribution in [2.45, 2.75) is 13.8 Å². The lowest BCUT2D eigenvalue weighted by atomic mass is 10.2. The molecule has 25 heavy (non-hydrogen) atoms. The Hall–Kier alpha value is -3.62. The number of carbonyl (C=O) groups excluding carboxylic acids is 2. The average Bonchev–Trinajstić information content (AvgIpc) is 3.16. The van der Waals surface area contributed by atoms with Crippen LogP contribution in [0.3, 0.4) is 0 Å². The molecule has 9 heteroatoms. The van der Waals surface area contributed by atoms with Crippen molar-refractivity contribution < 1.29 is 19.2 Å². The van der Waals surface area contributed by atoms with Gasteiger partial charge < -0.3 is 9.63 Å². The Labute approximate surface area is 142 Å². The molecule has 0 fully saturated rings. The summed E-state index contributed by atoms with van der Waals surface area (Å²) in [6.07, 6.45) is 1.31. The molecule has 0 saturated carbocycles. The highest BCUT2D eigenvalue weighted by molar-refractivity contribution is 6.00. The Balaban J connectivity index is 1.72. The maximum Gasteiger partial charge on any atom is 0.294 e. The summed E-state index contributed by atoms with van der Waals surface area (Å²) in [5.74, 6) is -1.31. The van der Waals surface area contributed by atoms with E-state index >= 15 is 0 Å². The van der Waals surface area contributed by atoms with Gasteiger partial charge in [0.25, 0.3) is 11.8 Å². The van der Waals surface area contributed by atoms with Gasteiger partial charge in [-0.2, -0.15) is 5.10 Å². The molecule has 1 aromatic carbocycles. The first kappa shape index (κ1) is 16.2. The van der Waals surface area contributed by atoms with Gasteiger partial charge in [0.05, 0.1) is 17.6 Å². The summed E-state index contributed by atoms with van der Waals surface area (Å²) in [6, 6.07) is 8.99. The van der Waals surface area contributed by atoms with Gasteiger partial charge in [0.1, 0.15) is 11.3 Å². The van der Waals surface area contributed by atoms with Crippen LogP contribution in [-0.4, -0.2) is 31.9 Å². The predicted molar refractivity (Wildman–Crippen MR) is 86.1 cm³/mol. The van der Waals surface area contributed by atoms with Crippen LogP contribution in [0.1, 0.15) is 32.3 Å². The van der Waals surface area contributed by atoms with Crippen LogP contribution in [0.4, 0.5) is 0 Å². The molecule has 0 bridgehead atoms. The van der Waals surface area contributed by atoms with Crippen molar-refractivity contribution in [1.29, 1.82) is 0 Å². The second-order valence-electron chi connectivity index (χ2n) is 5.25. The third kappa shape index (κ3) is 3.20. The molecule has 0 aliphatic rings. The minimum absolute atomic E-state index is 0.220. The molecule has 0 atom stereocenters. The SMILES string of the molecule is Cc1noc(C)c1C(=O)NNC(=O)c1nn(-c2ccccc2)cc1O. The Morgan fingerprint density at radius 1 is 1.12 bits per heavy atom. The quantitative estimate of drug-likeness (QED) is 0.616. The zero-order chi connectivity index (χ0) is 18.0. The number of hydrazine groups is 1. The second-order valence-corrected chi connectivity index (χ2v) is 5.25. The highest BCUT2D eigenvalue weighted by Crippen LogP contribution is 2.18. The van der Waals surface area contributed by atoms with Crippen molar-refractivity contribution >= 4 is 11.8 Å². The van der Waals surface area contributed by atoms with Crippen molar-refractivity contribution in [3.8, 4) is 11.4 Å². The molecule has 9 nitrogen and oxygen atoms in total. The van der Waals surface area contributed by atoms with Gasteiger partial charge in [-0.3, -0.25) is 20.4 Å². The molecule has 2 amide bonds. The summed E-state index contributed by atoms with van der Waals surface area (Å²) < 4.78 is 6.26. The van der Waals surface area contributed by atoms with Crippen LogP contribution in [0, 0.1) is 13.8 Å². The molecule has 2 aromatic heterocycles. The molecule has 0 spiro atoms. The highest BCUT2D eigenvalue weighted by Gasteiger charge is 2.21. The van der Waals surface area contributed by atoms with Crippen LogP contribution >= 0.6 is 0 Å². The summed E-state index contributed by atoms with van der Waals surface area (Å²) in [7, 11) is 0. The molecule has 2 heterocycles. The first-order valence-corrected chi connectivity index (χ1v) is 7.35. The van der Waals surface area contributed by atoms with Crippen molar-refractivity contribution in [1.82, 2.24) is 25.8 Å².